The van der Waals surface area contributed by atoms with Crippen LogP contribution in [-0.4, -0.2) is 24.0 Å². The van der Waals surface area contributed by atoms with E-state index in [0.29, 0.717) is 0 Å². The van der Waals surface area contributed by atoms with Gasteiger partial charge in [0.1, 0.15) is 0 Å². The van der Waals surface area contributed by atoms with E-state index in [9.17, 15) is 0 Å². The fraction of sp³-hybridized carbons (Fsp3) is 0.941. The quantitative estimate of drug-likeness (QED) is 0.271. The predicted octanol–water partition coefficient (Wildman–Crippen LogP) is 5.63. The molecule has 0 fully saturated rings. The van der Waals surface area contributed by atoms with Crippen LogP contribution in [0.1, 0.15) is 85.0 Å². The van der Waals surface area contributed by atoms with Crippen LogP contribution in [0.4, 0.5) is 0 Å². The summed E-state index contributed by atoms with van der Waals surface area (Å²) >= 11 is 1.89. The molecule has 1 N–H and O–H groups in total. The van der Waals surface area contributed by atoms with Crippen LogP contribution in [0.2, 0.25) is 0 Å². The molecular weight excluding hydrogens is 264 g/mol. The molecule has 0 heterocycles. The monoisotopic (exact) mass is 300 g/mol. The Morgan fingerprint density at radius 2 is 1.35 bits per heavy atom. The zero-order valence-electron chi connectivity index (χ0n) is 14.0. The highest BCUT2D eigenvalue weighted by atomic mass is 32.2. The Kier molecular flexibility index (Phi) is 16.7. The standard InChI is InChI=1S/C17H36N2S/c1-4-7-8-9-10-11-12-13-14-15-16-20-17(18-5-2)19-6-3/h4-16H2,1-3H3,(H,18,19). The second-order valence-corrected chi connectivity index (χ2v) is 6.42. The molecule has 0 rings (SSSR count). The summed E-state index contributed by atoms with van der Waals surface area (Å²) in [5.74, 6) is 1.21. The van der Waals surface area contributed by atoms with Crippen LogP contribution in [0.5, 0.6) is 0 Å². The maximum absolute atomic E-state index is 4.47. The van der Waals surface area contributed by atoms with E-state index < -0.39 is 0 Å². The number of unbranched alkanes of at least 4 members (excludes halogenated alkanes) is 9. The first kappa shape index (κ1) is 19.8. The highest BCUT2D eigenvalue weighted by molar-refractivity contribution is 8.13. The molecular formula is C17H36N2S. The van der Waals surface area contributed by atoms with Crippen LogP contribution in [0.25, 0.3) is 0 Å². The Morgan fingerprint density at radius 1 is 0.800 bits per heavy atom. The van der Waals surface area contributed by atoms with Crippen LogP contribution >= 0.6 is 11.8 Å². The summed E-state index contributed by atoms with van der Waals surface area (Å²) in [5.41, 5.74) is 0. The van der Waals surface area contributed by atoms with Crippen molar-refractivity contribution in [3.63, 3.8) is 0 Å². The summed E-state index contributed by atoms with van der Waals surface area (Å²) in [6.45, 7) is 8.37. The third-order valence-corrected chi connectivity index (χ3v) is 4.41. The highest BCUT2D eigenvalue weighted by Gasteiger charge is 1.98. The number of nitrogens with zero attached hydrogens (tertiary/aromatic N) is 1. The smallest absolute Gasteiger partial charge is 0.156 e. The van der Waals surface area contributed by atoms with Crippen molar-refractivity contribution in [2.45, 2.75) is 85.0 Å². The van der Waals surface area contributed by atoms with Crippen LogP contribution in [0.15, 0.2) is 4.99 Å². The number of aliphatic imine (C=N–C) groups is 1. The molecule has 0 aliphatic carbocycles. The van der Waals surface area contributed by atoms with Gasteiger partial charge >= 0.3 is 0 Å². The van der Waals surface area contributed by atoms with Gasteiger partial charge in [0, 0.05) is 18.8 Å². The van der Waals surface area contributed by atoms with E-state index in [2.05, 4.69) is 31.1 Å². The topological polar surface area (TPSA) is 24.4 Å². The minimum Gasteiger partial charge on any atom is -0.365 e. The molecule has 0 aromatic heterocycles. The molecule has 0 aromatic carbocycles. The molecule has 0 saturated heterocycles. The van der Waals surface area contributed by atoms with Crippen molar-refractivity contribution in [1.82, 2.24) is 5.32 Å². The van der Waals surface area contributed by atoms with E-state index in [4.69, 9.17) is 0 Å². The zero-order chi connectivity index (χ0) is 14.9. The van der Waals surface area contributed by atoms with Gasteiger partial charge in [-0.2, -0.15) is 0 Å². The average Bonchev–Trinajstić information content (AvgIpc) is 2.45. The average molecular weight is 301 g/mol. The van der Waals surface area contributed by atoms with Crippen LogP contribution in [0.3, 0.4) is 0 Å². The van der Waals surface area contributed by atoms with E-state index >= 15 is 0 Å². The van der Waals surface area contributed by atoms with E-state index in [1.165, 1.54) is 70.0 Å². The van der Waals surface area contributed by atoms with Gasteiger partial charge < -0.3 is 5.32 Å². The van der Waals surface area contributed by atoms with Crippen molar-refractivity contribution in [3.05, 3.63) is 0 Å². The van der Waals surface area contributed by atoms with E-state index in [0.717, 1.165) is 18.3 Å². The molecule has 0 unspecified atom stereocenters. The van der Waals surface area contributed by atoms with Crippen molar-refractivity contribution >= 4 is 16.9 Å². The number of amidine groups is 1. The van der Waals surface area contributed by atoms with Gasteiger partial charge in [0.05, 0.1) is 0 Å². The lowest BCUT2D eigenvalue weighted by Gasteiger charge is -2.07. The fourth-order valence-electron chi connectivity index (χ4n) is 2.21. The third-order valence-electron chi connectivity index (χ3n) is 3.37. The molecule has 3 heteroatoms. The number of hydrogen-bond donors (Lipinski definition) is 1. The van der Waals surface area contributed by atoms with Crippen molar-refractivity contribution < 1.29 is 0 Å². The molecule has 0 radical (unpaired) electrons. The van der Waals surface area contributed by atoms with Crippen LogP contribution in [0, 0.1) is 0 Å². The van der Waals surface area contributed by atoms with Crippen molar-refractivity contribution in [1.29, 1.82) is 0 Å². The van der Waals surface area contributed by atoms with Crippen molar-refractivity contribution in [3.8, 4) is 0 Å². The molecule has 20 heavy (non-hydrogen) atoms. The van der Waals surface area contributed by atoms with Gasteiger partial charge in [0.2, 0.25) is 0 Å². The summed E-state index contributed by atoms with van der Waals surface area (Å²) < 4.78 is 0. The summed E-state index contributed by atoms with van der Waals surface area (Å²) in [6.07, 6.45) is 14.1. The fourth-order valence-corrected chi connectivity index (χ4v) is 3.21. The van der Waals surface area contributed by atoms with Gasteiger partial charge in [-0.05, 0) is 20.3 Å². The normalized spacial score (nSPS) is 11.8. The largest absolute Gasteiger partial charge is 0.365 e. The van der Waals surface area contributed by atoms with E-state index in [1.54, 1.807) is 0 Å². The van der Waals surface area contributed by atoms with E-state index in [-0.39, 0.29) is 0 Å². The minimum absolute atomic E-state index is 0.882. The lowest BCUT2D eigenvalue weighted by atomic mass is 10.1. The molecule has 0 aliphatic heterocycles. The molecule has 0 spiro atoms. The van der Waals surface area contributed by atoms with Crippen LogP contribution < -0.4 is 5.32 Å². The Bertz CT molecular complexity index is 217. The van der Waals surface area contributed by atoms with Crippen LogP contribution in [-0.2, 0) is 0 Å². The molecule has 0 aliphatic rings. The SMILES string of the molecule is CCCCCCCCCCCCSC(=NCC)NCC. The van der Waals surface area contributed by atoms with Gasteiger partial charge in [-0.3, -0.25) is 4.99 Å². The Morgan fingerprint density at radius 3 is 1.85 bits per heavy atom. The number of thioether (sulfide) groups is 1. The van der Waals surface area contributed by atoms with Crippen molar-refractivity contribution in [2.24, 2.45) is 4.99 Å². The lowest BCUT2D eigenvalue weighted by molar-refractivity contribution is 0.563. The number of nitrogens with one attached hydrogen (secondary N) is 1. The predicted molar refractivity (Wildman–Crippen MR) is 96.0 cm³/mol. The zero-order valence-corrected chi connectivity index (χ0v) is 14.9. The van der Waals surface area contributed by atoms with Gasteiger partial charge in [0.15, 0.2) is 5.17 Å². The summed E-state index contributed by atoms with van der Waals surface area (Å²) in [4.78, 5) is 4.47. The lowest BCUT2D eigenvalue weighted by Crippen LogP contribution is -2.20. The van der Waals surface area contributed by atoms with E-state index in [1.807, 2.05) is 11.8 Å². The maximum atomic E-state index is 4.47. The third kappa shape index (κ3) is 14.2. The molecule has 120 valence electrons. The Labute approximate surface area is 131 Å². The molecule has 0 amide bonds. The van der Waals surface area contributed by atoms with Crippen molar-refractivity contribution in [2.75, 3.05) is 18.8 Å². The molecule has 0 atom stereocenters. The molecule has 0 bridgehead atoms. The van der Waals surface area contributed by atoms with Gasteiger partial charge in [-0.1, -0.05) is 76.5 Å². The second kappa shape index (κ2) is 16.9. The first-order valence-corrected chi connectivity index (χ1v) is 9.74. The number of rotatable bonds is 13. The first-order chi connectivity index (χ1) is 9.85. The highest BCUT2D eigenvalue weighted by Crippen LogP contribution is 2.12. The maximum Gasteiger partial charge on any atom is 0.156 e. The minimum atomic E-state index is 0.882. The first-order valence-electron chi connectivity index (χ1n) is 8.76. The second-order valence-electron chi connectivity index (χ2n) is 5.34. The molecule has 2 nitrogen and oxygen atoms in total. The van der Waals surface area contributed by atoms with Gasteiger partial charge in [-0.15, -0.1) is 0 Å². The molecule has 0 saturated carbocycles. The summed E-state index contributed by atoms with van der Waals surface area (Å²) in [5, 5.41) is 4.46. The summed E-state index contributed by atoms with van der Waals surface area (Å²) in [7, 11) is 0. The van der Waals surface area contributed by atoms with Gasteiger partial charge in [0.25, 0.3) is 0 Å². The van der Waals surface area contributed by atoms with Gasteiger partial charge in [-0.25, -0.2) is 0 Å². The Balaban J connectivity index is 3.25. The Hall–Kier alpha value is -0.180. The number of hydrogen-bond acceptors (Lipinski definition) is 2. The summed E-state index contributed by atoms with van der Waals surface area (Å²) in [6, 6.07) is 0. The molecule has 0 aromatic rings.